The number of rotatable bonds is 7. The van der Waals surface area contributed by atoms with E-state index in [-0.39, 0.29) is 5.91 Å². The van der Waals surface area contributed by atoms with Gasteiger partial charge in [0.25, 0.3) is 0 Å². The average molecular weight is 309 g/mol. The highest BCUT2D eigenvalue weighted by Crippen LogP contribution is 2.16. The van der Waals surface area contributed by atoms with Gasteiger partial charge in [0.1, 0.15) is 5.82 Å². The lowest BCUT2D eigenvalue weighted by molar-refractivity contribution is -0.117. The Hall–Kier alpha value is -2.62. The first kappa shape index (κ1) is 16.7. The van der Waals surface area contributed by atoms with Gasteiger partial charge in [-0.25, -0.2) is 4.98 Å². The molecule has 1 amide bonds. The quantitative estimate of drug-likeness (QED) is 0.631. The first-order valence-corrected chi connectivity index (χ1v) is 7.66. The number of aromatic nitrogens is 2. The fraction of sp³-hybridized carbons (Fsp3) is 0.263. The van der Waals surface area contributed by atoms with E-state index in [4.69, 9.17) is 0 Å². The van der Waals surface area contributed by atoms with Gasteiger partial charge in [-0.1, -0.05) is 43.0 Å². The predicted molar refractivity (Wildman–Crippen MR) is 93.1 cm³/mol. The molecule has 120 valence electrons. The van der Waals surface area contributed by atoms with Crippen LogP contribution in [0.3, 0.4) is 0 Å². The molecule has 2 aromatic rings. The third kappa shape index (κ3) is 4.19. The van der Waals surface area contributed by atoms with Gasteiger partial charge in [-0.15, -0.1) is 6.58 Å². The molecule has 0 bridgehead atoms. The largest absolute Gasteiger partial charge is 0.345 e. The number of carbonyl (C=O) groups excluding carboxylic acids is 1. The number of benzene rings is 1. The van der Waals surface area contributed by atoms with E-state index < -0.39 is 0 Å². The van der Waals surface area contributed by atoms with Crippen molar-refractivity contribution < 1.29 is 4.79 Å². The highest BCUT2D eigenvalue weighted by molar-refractivity contribution is 5.91. The molecule has 0 fully saturated rings. The second-order valence-electron chi connectivity index (χ2n) is 5.59. The summed E-state index contributed by atoms with van der Waals surface area (Å²) in [6, 6.07) is 10.2. The summed E-state index contributed by atoms with van der Waals surface area (Å²) >= 11 is 0. The fourth-order valence-corrected chi connectivity index (χ4v) is 2.46. The van der Waals surface area contributed by atoms with Crippen LogP contribution in [0.5, 0.6) is 0 Å². The SMILES string of the molecule is C=CCc1c(C)nc(CNC(=O)C(=C)C)n1Cc1ccccc1. The second kappa shape index (κ2) is 7.58. The van der Waals surface area contributed by atoms with Gasteiger partial charge in [-0.2, -0.15) is 0 Å². The first-order valence-electron chi connectivity index (χ1n) is 7.66. The summed E-state index contributed by atoms with van der Waals surface area (Å²) in [5.41, 5.74) is 3.79. The van der Waals surface area contributed by atoms with Crippen LogP contribution < -0.4 is 5.32 Å². The highest BCUT2D eigenvalue weighted by Gasteiger charge is 2.14. The topological polar surface area (TPSA) is 46.9 Å². The van der Waals surface area contributed by atoms with Crippen molar-refractivity contribution in [1.82, 2.24) is 14.9 Å². The monoisotopic (exact) mass is 309 g/mol. The number of nitrogens with one attached hydrogen (secondary N) is 1. The third-order valence-electron chi connectivity index (χ3n) is 3.67. The maximum atomic E-state index is 11.7. The van der Waals surface area contributed by atoms with Gasteiger partial charge in [-0.05, 0) is 19.4 Å². The molecule has 4 heteroatoms. The summed E-state index contributed by atoms with van der Waals surface area (Å²) in [6.07, 6.45) is 2.63. The Morgan fingerprint density at radius 2 is 2.04 bits per heavy atom. The zero-order chi connectivity index (χ0) is 16.8. The number of allylic oxidation sites excluding steroid dienone is 1. The molecule has 1 aromatic heterocycles. The van der Waals surface area contributed by atoms with Crippen molar-refractivity contribution in [1.29, 1.82) is 0 Å². The number of nitrogens with zero attached hydrogens (tertiary/aromatic N) is 2. The summed E-state index contributed by atoms with van der Waals surface area (Å²) in [7, 11) is 0. The van der Waals surface area contributed by atoms with Crippen molar-refractivity contribution in [2.75, 3.05) is 0 Å². The molecule has 0 spiro atoms. The van der Waals surface area contributed by atoms with Gasteiger partial charge in [0.05, 0.1) is 12.2 Å². The van der Waals surface area contributed by atoms with Crippen LogP contribution in [0.2, 0.25) is 0 Å². The maximum absolute atomic E-state index is 11.7. The van der Waals surface area contributed by atoms with Crippen molar-refractivity contribution in [2.24, 2.45) is 0 Å². The van der Waals surface area contributed by atoms with E-state index in [1.54, 1.807) is 6.92 Å². The van der Waals surface area contributed by atoms with E-state index in [1.165, 1.54) is 5.56 Å². The molecule has 1 aromatic carbocycles. The van der Waals surface area contributed by atoms with Gasteiger partial charge >= 0.3 is 0 Å². The van der Waals surface area contributed by atoms with Gasteiger partial charge in [0.15, 0.2) is 0 Å². The van der Waals surface area contributed by atoms with Crippen LogP contribution in [0.1, 0.15) is 29.7 Å². The molecule has 0 saturated heterocycles. The van der Waals surface area contributed by atoms with E-state index >= 15 is 0 Å². The van der Waals surface area contributed by atoms with Gasteiger partial charge in [-0.3, -0.25) is 4.79 Å². The zero-order valence-electron chi connectivity index (χ0n) is 13.8. The molecular formula is C19H23N3O. The molecular weight excluding hydrogens is 286 g/mol. The summed E-state index contributed by atoms with van der Waals surface area (Å²) in [5.74, 6) is 0.694. The number of carbonyl (C=O) groups is 1. The lowest BCUT2D eigenvalue weighted by Crippen LogP contribution is -2.25. The number of amides is 1. The first-order chi connectivity index (χ1) is 11.0. The molecule has 0 saturated carbocycles. The Labute approximate surface area is 137 Å². The van der Waals surface area contributed by atoms with Crippen LogP contribution in [-0.2, 0) is 24.3 Å². The molecule has 0 aliphatic rings. The van der Waals surface area contributed by atoms with Gasteiger partial charge < -0.3 is 9.88 Å². The van der Waals surface area contributed by atoms with Crippen molar-refractivity contribution in [2.45, 2.75) is 33.4 Å². The summed E-state index contributed by atoms with van der Waals surface area (Å²) in [5, 5.41) is 2.86. The predicted octanol–water partition coefficient (Wildman–Crippen LogP) is 3.16. The Morgan fingerprint density at radius 3 is 2.65 bits per heavy atom. The summed E-state index contributed by atoms with van der Waals surface area (Å²) in [4.78, 5) is 16.4. The van der Waals surface area contributed by atoms with E-state index in [0.717, 1.165) is 30.2 Å². The Balaban J connectivity index is 2.29. The van der Waals surface area contributed by atoms with Crippen molar-refractivity contribution in [3.63, 3.8) is 0 Å². The molecule has 1 heterocycles. The molecule has 2 rings (SSSR count). The van der Waals surface area contributed by atoms with E-state index in [0.29, 0.717) is 12.1 Å². The van der Waals surface area contributed by atoms with E-state index in [2.05, 4.69) is 40.2 Å². The zero-order valence-corrected chi connectivity index (χ0v) is 13.8. The second-order valence-corrected chi connectivity index (χ2v) is 5.59. The Bertz CT molecular complexity index is 714. The van der Waals surface area contributed by atoms with Crippen molar-refractivity contribution in [3.05, 3.63) is 77.9 Å². The van der Waals surface area contributed by atoms with Crippen molar-refractivity contribution >= 4 is 5.91 Å². The minimum Gasteiger partial charge on any atom is -0.345 e. The molecule has 0 radical (unpaired) electrons. The minimum atomic E-state index is -0.151. The van der Waals surface area contributed by atoms with Gasteiger partial charge in [0.2, 0.25) is 5.91 Å². The van der Waals surface area contributed by atoms with Crippen LogP contribution >= 0.6 is 0 Å². The van der Waals surface area contributed by atoms with E-state index in [9.17, 15) is 4.79 Å². The summed E-state index contributed by atoms with van der Waals surface area (Å²) < 4.78 is 2.16. The Kier molecular flexibility index (Phi) is 5.52. The lowest BCUT2D eigenvalue weighted by atomic mass is 10.2. The smallest absolute Gasteiger partial charge is 0.246 e. The normalized spacial score (nSPS) is 10.3. The molecule has 0 aliphatic heterocycles. The lowest BCUT2D eigenvalue weighted by Gasteiger charge is -2.12. The highest BCUT2D eigenvalue weighted by atomic mass is 16.1. The number of hydrogen-bond acceptors (Lipinski definition) is 2. The minimum absolute atomic E-state index is 0.151. The van der Waals surface area contributed by atoms with E-state index in [1.807, 2.05) is 31.2 Å². The van der Waals surface area contributed by atoms with Crippen LogP contribution in [0.25, 0.3) is 0 Å². The Morgan fingerprint density at radius 1 is 1.35 bits per heavy atom. The van der Waals surface area contributed by atoms with Crippen LogP contribution in [0, 0.1) is 6.92 Å². The molecule has 0 unspecified atom stereocenters. The van der Waals surface area contributed by atoms with Gasteiger partial charge in [0, 0.05) is 24.2 Å². The van der Waals surface area contributed by atoms with Crippen LogP contribution in [0.4, 0.5) is 0 Å². The number of hydrogen-bond donors (Lipinski definition) is 1. The van der Waals surface area contributed by atoms with Crippen molar-refractivity contribution in [3.8, 4) is 0 Å². The third-order valence-corrected chi connectivity index (χ3v) is 3.67. The summed E-state index contributed by atoms with van der Waals surface area (Å²) in [6.45, 7) is 12.3. The molecule has 1 N–H and O–H groups in total. The maximum Gasteiger partial charge on any atom is 0.246 e. The molecule has 0 atom stereocenters. The molecule has 0 aliphatic carbocycles. The van der Waals surface area contributed by atoms with Crippen LogP contribution in [0.15, 0.2) is 55.1 Å². The molecule has 4 nitrogen and oxygen atoms in total. The number of imidazole rings is 1. The standard InChI is InChI=1S/C19H23N3O/c1-5-9-17-15(4)21-18(12-20-19(23)14(2)3)22(17)13-16-10-7-6-8-11-16/h5-8,10-11H,1-2,9,12-13H2,3-4H3,(H,20,23). The van der Waals surface area contributed by atoms with Crippen LogP contribution in [-0.4, -0.2) is 15.5 Å². The molecule has 23 heavy (non-hydrogen) atoms. The number of aryl methyl sites for hydroxylation is 1. The fourth-order valence-electron chi connectivity index (χ4n) is 2.46. The average Bonchev–Trinajstić information content (AvgIpc) is 2.82.